The third-order valence-corrected chi connectivity index (χ3v) is 4.02. The monoisotopic (exact) mass is 290 g/mol. The molecule has 21 heavy (non-hydrogen) atoms. The standard InChI is InChI=1S/C17H26N2O2/c1-3-9-18-15-7-10-19(11-8-15)17(20)13-14-5-4-6-16(12-14)21-2/h4-6,12,15,18H,3,7-11,13H2,1-2H3. The first-order valence-corrected chi connectivity index (χ1v) is 7.87. The molecule has 1 aliphatic heterocycles. The van der Waals surface area contributed by atoms with E-state index in [-0.39, 0.29) is 5.91 Å². The van der Waals surface area contributed by atoms with Crippen LogP contribution in [0.3, 0.4) is 0 Å². The number of hydrogen-bond acceptors (Lipinski definition) is 3. The van der Waals surface area contributed by atoms with Crippen molar-refractivity contribution < 1.29 is 9.53 Å². The topological polar surface area (TPSA) is 41.6 Å². The number of hydrogen-bond donors (Lipinski definition) is 1. The number of piperidine rings is 1. The van der Waals surface area contributed by atoms with Crippen LogP contribution in [0.1, 0.15) is 31.7 Å². The maximum Gasteiger partial charge on any atom is 0.226 e. The Morgan fingerprint density at radius 1 is 1.38 bits per heavy atom. The highest BCUT2D eigenvalue weighted by molar-refractivity contribution is 5.79. The summed E-state index contributed by atoms with van der Waals surface area (Å²) < 4.78 is 5.20. The molecule has 1 fully saturated rings. The molecule has 1 aliphatic rings. The fourth-order valence-corrected chi connectivity index (χ4v) is 2.75. The van der Waals surface area contributed by atoms with Crippen LogP contribution in [-0.4, -0.2) is 43.6 Å². The molecule has 0 aromatic heterocycles. The minimum atomic E-state index is 0.220. The number of nitrogens with one attached hydrogen (secondary N) is 1. The number of carbonyl (C=O) groups excluding carboxylic acids is 1. The van der Waals surface area contributed by atoms with E-state index in [1.807, 2.05) is 29.2 Å². The van der Waals surface area contributed by atoms with Gasteiger partial charge in [0.1, 0.15) is 5.75 Å². The van der Waals surface area contributed by atoms with E-state index in [0.29, 0.717) is 12.5 Å². The molecule has 4 nitrogen and oxygen atoms in total. The summed E-state index contributed by atoms with van der Waals surface area (Å²) >= 11 is 0. The Morgan fingerprint density at radius 2 is 2.14 bits per heavy atom. The zero-order valence-electron chi connectivity index (χ0n) is 13.1. The molecule has 0 saturated carbocycles. The van der Waals surface area contributed by atoms with Gasteiger partial charge in [0.25, 0.3) is 0 Å². The number of likely N-dealkylation sites (tertiary alicyclic amines) is 1. The highest BCUT2D eigenvalue weighted by Crippen LogP contribution is 2.16. The molecule has 1 amide bonds. The van der Waals surface area contributed by atoms with Crippen LogP contribution in [0.25, 0.3) is 0 Å². The Balaban J connectivity index is 1.81. The molecule has 0 radical (unpaired) electrons. The largest absolute Gasteiger partial charge is 0.497 e. The van der Waals surface area contributed by atoms with E-state index in [1.54, 1.807) is 7.11 Å². The second-order valence-corrected chi connectivity index (χ2v) is 5.64. The van der Waals surface area contributed by atoms with E-state index >= 15 is 0 Å². The van der Waals surface area contributed by atoms with E-state index < -0.39 is 0 Å². The van der Waals surface area contributed by atoms with Gasteiger partial charge in [0.15, 0.2) is 0 Å². The van der Waals surface area contributed by atoms with E-state index in [9.17, 15) is 4.79 Å². The average molecular weight is 290 g/mol. The van der Waals surface area contributed by atoms with Crippen LogP contribution < -0.4 is 10.1 Å². The summed E-state index contributed by atoms with van der Waals surface area (Å²) in [6.45, 7) is 4.98. The van der Waals surface area contributed by atoms with Gasteiger partial charge in [-0.15, -0.1) is 0 Å². The number of methoxy groups -OCH3 is 1. The lowest BCUT2D eigenvalue weighted by atomic mass is 10.0. The first-order chi connectivity index (χ1) is 10.2. The first kappa shape index (κ1) is 15.8. The molecule has 1 saturated heterocycles. The second-order valence-electron chi connectivity index (χ2n) is 5.64. The van der Waals surface area contributed by atoms with Crippen molar-refractivity contribution >= 4 is 5.91 Å². The second kappa shape index (κ2) is 8.03. The van der Waals surface area contributed by atoms with Crippen LogP contribution in [-0.2, 0) is 11.2 Å². The summed E-state index contributed by atoms with van der Waals surface area (Å²) in [4.78, 5) is 14.3. The lowest BCUT2D eigenvalue weighted by molar-refractivity contribution is -0.131. The number of rotatable bonds is 6. The molecule has 1 N–H and O–H groups in total. The molecule has 1 aromatic rings. The molecule has 1 aromatic carbocycles. The van der Waals surface area contributed by atoms with Crippen molar-refractivity contribution in [3.8, 4) is 5.75 Å². The van der Waals surface area contributed by atoms with Gasteiger partial charge in [0, 0.05) is 19.1 Å². The van der Waals surface area contributed by atoms with Crippen molar-refractivity contribution in [3.05, 3.63) is 29.8 Å². The zero-order valence-corrected chi connectivity index (χ0v) is 13.1. The van der Waals surface area contributed by atoms with Gasteiger partial charge in [-0.05, 0) is 43.5 Å². The van der Waals surface area contributed by atoms with Crippen molar-refractivity contribution in [2.24, 2.45) is 0 Å². The normalized spacial score (nSPS) is 16.0. The fraction of sp³-hybridized carbons (Fsp3) is 0.588. The van der Waals surface area contributed by atoms with E-state index in [1.165, 1.54) is 0 Å². The molecule has 2 rings (SSSR count). The lowest BCUT2D eigenvalue weighted by Gasteiger charge is -2.32. The minimum Gasteiger partial charge on any atom is -0.497 e. The summed E-state index contributed by atoms with van der Waals surface area (Å²) in [6, 6.07) is 8.33. The molecule has 4 heteroatoms. The van der Waals surface area contributed by atoms with Crippen molar-refractivity contribution in [2.45, 2.75) is 38.6 Å². The quantitative estimate of drug-likeness (QED) is 0.873. The van der Waals surface area contributed by atoms with E-state index in [0.717, 1.165) is 50.2 Å². The summed E-state index contributed by atoms with van der Waals surface area (Å²) in [5, 5.41) is 3.54. The van der Waals surface area contributed by atoms with Gasteiger partial charge in [0.2, 0.25) is 5.91 Å². The molecule has 0 unspecified atom stereocenters. The van der Waals surface area contributed by atoms with Gasteiger partial charge in [0.05, 0.1) is 13.5 Å². The average Bonchev–Trinajstić information content (AvgIpc) is 2.53. The molecule has 0 aliphatic carbocycles. The summed E-state index contributed by atoms with van der Waals surface area (Å²) in [5.41, 5.74) is 1.02. The molecule has 0 bridgehead atoms. The maximum atomic E-state index is 12.4. The fourth-order valence-electron chi connectivity index (χ4n) is 2.75. The van der Waals surface area contributed by atoms with Gasteiger partial charge in [-0.1, -0.05) is 19.1 Å². The molecule has 1 heterocycles. The molecular formula is C17H26N2O2. The summed E-state index contributed by atoms with van der Waals surface area (Å²) in [5.74, 6) is 1.03. The third kappa shape index (κ3) is 4.74. The summed E-state index contributed by atoms with van der Waals surface area (Å²) in [7, 11) is 1.65. The molecule has 116 valence electrons. The Bertz CT molecular complexity index is 454. The predicted molar refractivity (Wildman–Crippen MR) is 84.6 cm³/mol. The van der Waals surface area contributed by atoms with Crippen LogP contribution in [0, 0.1) is 0 Å². The minimum absolute atomic E-state index is 0.220. The predicted octanol–water partition coefficient (Wildman–Crippen LogP) is 2.23. The van der Waals surface area contributed by atoms with Crippen LogP contribution >= 0.6 is 0 Å². The van der Waals surface area contributed by atoms with E-state index in [2.05, 4.69) is 12.2 Å². The summed E-state index contributed by atoms with van der Waals surface area (Å²) in [6.07, 6.45) is 3.74. The van der Waals surface area contributed by atoms with Gasteiger partial charge < -0.3 is 15.0 Å². The molecule has 0 spiro atoms. The van der Waals surface area contributed by atoms with Crippen molar-refractivity contribution in [1.29, 1.82) is 0 Å². The Labute approximate surface area is 127 Å². The van der Waals surface area contributed by atoms with Gasteiger partial charge in [-0.2, -0.15) is 0 Å². The number of amides is 1. The number of nitrogens with zero attached hydrogens (tertiary/aromatic N) is 1. The molecule has 0 atom stereocenters. The lowest BCUT2D eigenvalue weighted by Crippen LogP contribution is -2.45. The van der Waals surface area contributed by atoms with Crippen molar-refractivity contribution in [1.82, 2.24) is 10.2 Å². The highest BCUT2D eigenvalue weighted by atomic mass is 16.5. The van der Waals surface area contributed by atoms with Crippen LogP contribution in [0.5, 0.6) is 5.75 Å². The Kier molecular flexibility index (Phi) is 6.05. The Hall–Kier alpha value is -1.55. The van der Waals surface area contributed by atoms with Gasteiger partial charge in [-0.3, -0.25) is 4.79 Å². The van der Waals surface area contributed by atoms with Gasteiger partial charge in [-0.25, -0.2) is 0 Å². The smallest absolute Gasteiger partial charge is 0.226 e. The van der Waals surface area contributed by atoms with Crippen LogP contribution in [0.15, 0.2) is 24.3 Å². The van der Waals surface area contributed by atoms with Crippen LogP contribution in [0.4, 0.5) is 0 Å². The van der Waals surface area contributed by atoms with Crippen molar-refractivity contribution in [2.75, 3.05) is 26.7 Å². The van der Waals surface area contributed by atoms with Crippen molar-refractivity contribution in [3.63, 3.8) is 0 Å². The molecular weight excluding hydrogens is 264 g/mol. The zero-order chi connectivity index (χ0) is 15.1. The first-order valence-electron chi connectivity index (χ1n) is 7.87. The number of carbonyl (C=O) groups is 1. The highest BCUT2D eigenvalue weighted by Gasteiger charge is 2.22. The number of ether oxygens (including phenoxy) is 1. The number of benzene rings is 1. The van der Waals surface area contributed by atoms with E-state index in [4.69, 9.17) is 4.74 Å². The SMILES string of the molecule is CCCNC1CCN(C(=O)Cc2cccc(OC)c2)CC1. The third-order valence-electron chi connectivity index (χ3n) is 4.02. The van der Waals surface area contributed by atoms with Crippen LogP contribution in [0.2, 0.25) is 0 Å². The maximum absolute atomic E-state index is 12.4. The van der Waals surface area contributed by atoms with Gasteiger partial charge >= 0.3 is 0 Å². The Morgan fingerprint density at radius 3 is 2.81 bits per heavy atom.